The number of aryl methyl sites for hydroxylation is 1. The second kappa shape index (κ2) is 17.2. The molecule has 0 saturated carbocycles. The average molecular weight is 851 g/mol. The first-order chi connectivity index (χ1) is 30.4. The van der Waals surface area contributed by atoms with E-state index in [9.17, 15) is 14.4 Å². The maximum atomic E-state index is 13.0. The van der Waals surface area contributed by atoms with E-state index in [1.807, 2.05) is 65.1 Å². The summed E-state index contributed by atoms with van der Waals surface area (Å²) in [4.78, 5) is 59.4. The van der Waals surface area contributed by atoms with Crippen LogP contribution >= 0.6 is 0 Å². The van der Waals surface area contributed by atoms with Gasteiger partial charge in [-0.05, 0) is 85.7 Å². The van der Waals surface area contributed by atoms with Crippen molar-refractivity contribution in [2.45, 2.75) is 65.3 Å². The summed E-state index contributed by atoms with van der Waals surface area (Å²) in [6.07, 6.45) is 6.16. The van der Waals surface area contributed by atoms with Crippen molar-refractivity contribution in [2.24, 2.45) is 5.92 Å². The van der Waals surface area contributed by atoms with E-state index < -0.39 is 0 Å². The molecule has 4 aromatic heterocycles. The summed E-state index contributed by atoms with van der Waals surface area (Å²) in [5, 5.41) is 17.9. The van der Waals surface area contributed by atoms with Crippen molar-refractivity contribution in [3.63, 3.8) is 0 Å². The molecule has 2 aromatic carbocycles. The Kier molecular flexibility index (Phi) is 11.4. The van der Waals surface area contributed by atoms with Gasteiger partial charge in [0.05, 0.1) is 23.6 Å². The van der Waals surface area contributed by atoms with Crippen LogP contribution in [-0.4, -0.2) is 105 Å². The van der Waals surface area contributed by atoms with Crippen molar-refractivity contribution < 1.29 is 18.9 Å². The zero-order valence-corrected chi connectivity index (χ0v) is 36.5. The van der Waals surface area contributed by atoms with Crippen LogP contribution in [-0.2, 0) is 10.2 Å². The van der Waals surface area contributed by atoms with E-state index in [1.54, 1.807) is 11.1 Å². The van der Waals surface area contributed by atoms with E-state index in [4.69, 9.17) is 9.51 Å². The number of anilines is 3. The smallest absolute Gasteiger partial charge is 0.328 e. The van der Waals surface area contributed by atoms with Crippen LogP contribution in [0.2, 0.25) is 0 Å². The molecule has 3 N–H and O–H groups in total. The highest BCUT2D eigenvalue weighted by Crippen LogP contribution is 2.33. The lowest BCUT2D eigenvalue weighted by atomic mass is 9.96. The van der Waals surface area contributed by atoms with E-state index in [0.29, 0.717) is 36.1 Å². The van der Waals surface area contributed by atoms with Gasteiger partial charge in [0.1, 0.15) is 5.82 Å². The predicted octanol–water partition coefficient (Wildman–Crippen LogP) is 6.65. The molecule has 16 heteroatoms. The number of urea groups is 1. The van der Waals surface area contributed by atoms with Crippen molar-refractivity contribution in [3.05, 3.63) is 95.9 Å². The molecule has 4 amide bonds. The standard InChI is InChI=1S/C47H54N12O4/c1-29-24-33(8-12-37(29)30(2)50-44(61)43-52-45(63-55-43)47(3,4)5)41-38-25-34(26-49-42(38)54-53-41)32-6-9-35(10-7-32)57-22-20-56(21-23-57)28-31-14-17-58(18-15-31)39-13-11-36(27-48-39)59-19-16-40(60)51-46(59)62/h6-13,24-27,30-31H,14-23,28H2,1-5H3,(H,50,61)(H,49,53,54)(H,51,60,62). The highest BCUT2D eigenvalue weighted by Gasteiger charge is 2.28. The second-order valence-corrected chi connectivity index (χ2v) is 18.0. The molecular formula is C47H54N12O4. The third-order valence-corrected chi connectivity index (χ3v) is 12.5. The third kappa shape index (κ3) is 8.98. The van der Waals surface area contributed by atoms with Gasteiger partial charge in [0.2, 0.25) is 11.8 Å². The fourth-order valence-electron chi connectivity index (χ4n) is 8.85. The van der Waals surface area contributed by atoms with Gasteiger partial charge in [0, 0.05) is 92.6 Å². The molecule has 63 heavy (non-hydrogen) atoms. The monoisotopic (exact) mass is 850 g/mol. The van der Waals surface area contributed by atoms with Gasteiger partial charge >= 0.3 is 6.03 Å². The Hall–Kier alpha value is -6.68. The van der Waals surface area contributed by atoms with Crippen molar-refractivity contribution in [3.8, 4) is 22.4 Å². The highest BCUT2D eigenvalue weighted by molar-refractivity contribution is 6.05. The summed E-state index contributed by atoms with van der Waals surface area (Å²) in [7, 11) is 0. The van der Waals surface area contributed by atoms with Gasteiger partial charge in [-0.3, -0.25) is 29.8 Å². The number of aromatic amines is 1. The summed E-state index contributed by atoms with van der Waals surface area (Å²) < 4.78 is 5.32. The highest BCUT2D eigenvalue weighted by atomic mass is 16.5. The van der Waals surface area contributed by atoms with Crippen LogP contribution < -0.4 is 25.3 Å². The molecule has 326 valence electrons. The number of pyridine rings is 2. The summed E-state index contributed by atoms with van der Waals surface area (Å²) in [5.74, 6) is 1.40. The van der Waals surface area contributed by atoms with Crippen LogP contribution in [0.1, 0.15) is 80.6 Å². The minimum Gasteiger partial charge on any atom is -0.369 e. The fraction of sp³-hybridized carbons (Fsp3) is 0.404. The third-order valence-electron chi connectivity index (χ3n) is 12.5. The first-order valence-corrected chi connectivity index (χ1v) is 21.9. The number of H-pyrrole nitrogens is 1. The summed E-state index contributed by atoms with van der Waals surface area (Å²) >= 11 is 0. The molecule has 0 spiro atoms. The van der Waals surface area contributed by atoms with Gasteiger partial charge in [-0.2, -0.15) is 10.1 Å². The number of rotatable bonds is 10. The van der Waals surface area contributed by atoms with Crippen LogP contribution in [0.15, 0.2) is 77.6 Å². The number of carbonyl (C=O) groups is 3. The number of hydrogen-bond donors (Lipinski definition) is 3. The molecule has 7 heterocycles. The number of nitrogens with zero attached hydrogens (tertiary/aromatic N) is 9. The fourth-order valence-corrected chi connectivity index (χ4v) is 8.85. The molecule has 0 radical (unpaired) electrons. The number of hydrogen-bond acceptors (Lipinski definition) is 12. The van der Waals surface area contributed by atoms with Crippen LogP contribution in [0, 0.1) is 12.8 Å². The van der Waals surface area contributed by atoms with Crippen molar-refractivity contribution in [2.75, 3.05) is 67.1 Å². The van der Waals surface area contributed by atoms with Crippen LogP contribution in [0.25, 0.3) is 33.4 Å². The van der Waals surface area contributed by atoms with Crippen molar-refractivity contribution >= 4 is 46.1 Å². The summed E-state index contributed by atoms with van der Waals surface area (Å²) in [6, 6.07) is 20.4. The molecule has 3 aliphatic heterocycles. The predicted molar refractivity (Wildman–Crippen MR) is 242 cm³/mol. The number of carbonyl (C=O) groups excluding carboxylic acids is 3. The average Bonchev–Trinajstić information content (AvgIpc) is 3.96. The minimum absolute atomic E-state index is 0.0232. The molecule has 3 saturated heterocycles. The number of amides is 4. The van der Waals surface area contributed by atoms with Crippen molar-refractivity contribution in [1.82, 2.24) is 45.8 Å². The molecule has 0 bridgehead atoms. The van der Waals surface area contributed by atoms with Crippen LogP contribution in [0.4, 0.5) is 22.0 Å². The van der Waals surface area contributed by atoms with Gasteiger partial charge in [-0.25, -0.2) is 14.8 Å². The molecule has 3 fully saturated rings. The molecule has 3 aliphatic rings. The Bertz CT molecular complexity index is 2620. The normalized spacial score (nSPS) is 17.3. The molecule has 16 nitrogen and oxygen atoms in total. The maximum Gasteiger partial charge on any atom is 0.328 e. The Labute approximate surface area is 366 Å². The Morgan fingerprint density at radius 3 is 2.29 bits per heavy atom. The first-order valence-electron chi connectivity index (χ1n) is 21.9. The van der Waals surface area contributed by atoms with Gasteiger partial charge in [-0.15, -0.1) is 0 Å². The number of fused-ring (bicyclic) bond motifs is 1. The SMILES string of the molecule is Cc1cc(-c2[nH]nc3ncc(-c4ccc(N5CCN(CC6CCN(c7ccc(N8CCC(=O)NC8=O)cn7)CC6)CC5)cc4)cc23)ccc1C(C)NC(=O)c1noc(C(C)(C)C)n1. The molecule has 6 aromatic rings. The number of benzene rings is 2. The zero-order chi connectivity index (χ0) is 43.8. The molecule has 9 rings (SSSR count). The summed E-state index contributed by atoms with van der Waals surface area (Å²) in [5.41, 5.74) is 8.24. The topological polar surface area (TPSA) is 182 Å². The van der Waals surface area contributed by atoms with Gasteiger partial charge in [-0.1, -0.05) is 50.2 Å². The zero-order valence-electron chi connectivity index (χ0n) is 36.5. The quantitative estimate of drug-likeness (QED) is 0.134. The van der Waals surface area contributed by atoms with E-state index in [-0.39, 0.29) is 35.1 Å². The molecule has 1 atom stereocenters. The largest absolute Gasteiger partial charge is 0.369 e. The Balaban J connectivity index is 0.767. The van der Waals surface area contributed by atoms with Crippen LogP contribution in [0.5, 0.6) is 0 Å². The van der Waals surface area contributed by atoms with Gasteiger partial charge < -0.3 is 19.6 Å². The van der Waals surface area contributed by atoms with Gasteiger partial charge in [0.25, 0.3) is 11.7 Å². The van der Waals surface area contributed by atoms with Gasteiger partial charge in [0.15, 0.2) is 5.65 Å². The Morgan fingerprint density at radius 1 is 0.857 bits per heavy atom. The number of piperidine rings is 1. The lowest BCUT2D eigenvalue weighted by Crippen LogP contribution is -2.49. The number of aromatic nitrogens is 6. The van der Waals surface area contributed by atoms with E-state index in [0.717, 1.165) is 103 Å². The Morgan fingerprint density at radius 2 is 1.60 bits per heavy atom. The number of nitrogens with one attached hydrogen (secondary N) is 3. The number of piperazine rings is 1. The summed E-state index contributed by atoms with van der Waals surface area (Å²) in [6.45, 7) is 17.3. The van der Waals surface area contributed by atoms with E-state index in [1.165, 1.54) is 5.69 Å². The van der Waals surface area contributed by atoms with Crippen LogP contribution in [0.3, 0.4) is 0 Å². The lowest BCUT2D eigenvalue weighted by molar-refractivity contribution is -0.120. The van der Waals surface area contributed by atoms with Crippen molar-refractivity contribution in [1.29, 1.82) is 0 Å². The molecular weight excluding hydrogens is 797 g/mol. The second-order valence-electron chi connectivity index (χ2n) is 18.0. The minimum atomic E-state index is -0.390. The van der Waals surface area contributed by atoms with E-state index in [2.05, 4.69) is 87.1 Å². The first kappa shape index (κ1) is 41.7. The number of imide groups is 1. The molecule has 0 aliphatic carbocycles. The van der Waals surface area contributed by atoms with E-state index >= 15 is 0 Å². The maximum absolute atomic E-state index is 13.0. The lowest BCUT2D eigenvalue weighted by Gasteiger charge is -2.40. The molecule has 1 unspecified atom stereocenters.